The van der Waals surface area contributed by atoms with Crippen LogP contribution in [-0.2, 0) is 4.79 Å². The zero-order valence-electron chi connectivity index (χ0n) is 21.7. The van der Waals surface area contributed by atoms with Crippen LogP contribution in [0, 0.1) is 20.8 Å². The zero-order valence-corrected chi connectivity index (χ0v) is 22.5. The molecule has 1 saturated heterocycles. The Morgan fingerprint density at radius 3 is 2.50 bits per heavy atom. The fraction of sp³-hybridized carbons (Fsp3) is 0.233. The van der Waals surface area contributed by atoms with E-state index < -0.39 is 0 Å². The molecular formula is C30H31N5O2S. The monoisotopic (exact) mass is 525 g/mol. The first-order chi connectivity index (χ1) is 18.3. The Hall–Kier alpha value is -4.17. The van der Waals surface area contributed by atoms with Gasteiger partial charge in [-0.25, -0.2) is 0 Å². The summed E-state index contributed by atoms with van der Waals surface area (Å²) in [6, 6.07) is 22.7. The first-order valence-corrected chi connectivity index (χ1v) is 13.1. The van der Waals surface area contributed by atoms with Crippen molar-refractivity contribution in [2.75, 3.05) is 11.9 Å². The van der Waals surface area contributed by atoms with Crippen LogP contribution in [0.2, 0.25) is 0 Å². The van der Waals surface area contributed by atoms with Crippen molar-refractivity contribution >= 4 is 28.9 Å². The van der Waals surface area contributed by atoms with Crippen LogP contribution in [-0.4, -0.2) is 37.1 Å². The second-order valence-electron chi connectivity index (χ2n) is 9.61. The number of rotatable bonds is 7. The number of benzene rings is 2. The van der Waals surface area contributed by atoms with Crippen LogP contribution in [0.1, 0.15) is 46.7 Å². The molecule has 0 saturated carbocycles. The van der Waals surface area contributed by atoms with Crippen LogP contribution < -0.4 is 10.6 Å². The number of aromatic hydroxyl groups is 1. The summed E-state index contributed by atoms with van der Waals surface area (Å²) in [4.78, 5) is 19.7. The second kappa shape index (κ2) is 10.7. The SMILES string of the molecule is Cc1ccccc1NC(=O)CCN1C(=S)N[C@H](c2ccccn2)[C@H]1c1cc(C)n(-c2ccc(O)cc2)c1C. The van der Waals surface area contributed by atoms with Gasteiger partial charge in [0.05, 0.1) is 17.8 Å². The third-order valence-electron chi connectivity index (χ3n) is 7.09. The van der Waals surface area contributed by atoms with E-state index in [1.165, 1.54) is 0 Å². The van der Waals surface area contributed by atoms with Crippen molar-refractivity contribution in [1.82, 2.24) is 19.8 Å². The molecule has 4 aromatic rings. The molecule has 0 spiro atoms. The Morgan fingerprint density at radius 2 is 1.79 bits per heavy atom. The number of carbonyl (C=O) groups is 1. The fourth-order valence-corrected chi connectivity index (χ4v) is 5.55. The highest BCUT2D eigenvalue weighted by Crippen LogP contribution is 2.41. The summed E-state index contributed by atoms with van der Waals surface area (Å²) in [6.07, 6.45) is 2.08. The molecule has 1 aliphatic heterocycles. The quantitative estimate of drug-likeness (QED) is 0.276. The lowest BCUT2D eigenvalue weighted by Gasteiger charge is -2.28. The van der Waals surface area contributed by atoms with E-state index in [9.17, 15) is 9.90 Å². The summed E-state index contributed by atoms with van der Waals surface area (Å²) >= 11 is 5.81. The molecule has 0 unspecified atom stereocenters. The Balaban J connectivity index is 1.47. The van der Waals surface area contributed by atoms with Crippen LogP contribution in [0.4, 0.5) is 5.69 Å². The molecule has 7 nitrogen and oxygen atoms in total. The third-order valence-corrected chi connectivity index (χ3v) is 7.45. The third kappa shape index (κ3) is 4.99. The lowest BCUT2D eigenvalue weighted by atomic mass is 9.96. The van der Waals surface area contributed by atoms with Gasteiger partial charge in [-0.1, -0.05) is 24.3 Å². The number of phenolic OH excluding ortho intramolecular Hbond substituents is 1. The molecule has 1 fully saturated rings. The molecule has 2 aromatic carbocycles. The van der Waals surface area contributed by atoms with Gasteiger partial charge in [-0.3, -0.25) is 9.78 Å². The standard InChI is InChI=1S/C30H31N5O2S/c1-19-8-4-5-9-25(19)32-27(37)15-17-34-29(28(33-30(34)38)26-10-6-7-16-31-26)24-18-20(2)35(21(24)3)22-11-13-23(36)14-12-22/h4-14,16,18,28-29,36H,15,17H2,1-3H3,(H,32,37)(H,33,38)/t28-,29-/m1/s1. The van der Waals surface area contributed by atoms with E-state index in [1.807, 2.05) is 61.5 Å². The largest absolute Gasteiger partial charge is 0.508 e. The molecule has 2 aromatic heterocycles. The van der Waals surface area contributed by atoms with Crippen molar-refractivity contribution in [3.63, 3.8) is 0 Å². The smallest absolute Gasteiger partial charge is 0.226 e. The number of para-hydroxylation sites is 1. The van der Waals surface area contributed by atoms with Gasteiger partial charge in [-0.15, -0.1) is 0 Å². The number of nitrogens with one attached hydrogen (secondary N) is 2. The van der Waals surface area contributed by atoms with Gasteiger partial charge in [-0.05, 0) is 92.6 Å². The van der Waals surface area contributed by atoms with E-state index >= 15 is 0 Å². The fourth-order valence-electron chi connectivity index (χ4n) is 5.22. The van der Waals surface area contributed by atoms with Gasteiger partial charge in [-0.2, -0.15) is 0 Å². The summed E-state index contributed by atoms with van der Waals surface area (Å²) in [5, 5.41) is 16.9. The first-order valence-electron chi connectivity index (χ1n) is 12.7. The first kappa shape index (κ1) is 25.5. The molecule has 194 valence electrons. The minimum absolute atomic E-state index is 0.0586. The van der Waals surface area contributed by atoms with E-state index in [2.05, 4.69) is 45.0 Å². The average molecular weight is 526 g/mol. The topological polar surface area (TPSA) is 82.4 Å². The number of carbonyl (C=O) groups excluding carboxylic acids is 1. The van der Waals surface area contributed by atoms with Gasteiger partial charge in [0.15, 0.2) is 5.11 Å². The van der Waals surface area contributed by atoms with Crippen LogP contribution in [0.25, 0.3) is 5.69 Å². The normalized spacial score (nSPS) is 16.9. The van der Waals surface area contributed by atoms with E-state index in [0.717, 1.165) is 39.6 Å². The molecule has 0 radical (unpaired) electrons. The van der Waals surface area contributed by atoms with Crippen molar-refractivity contribution in [2.24, 2.45) is 0 Å². The summed E-state index contributed by atoms with van der Waals surface area (Å²) in [7, 11) is 0. The van der Waals surface area contributed by atoms with E-state index in [1.54, 1.807) is 18.3 Å². The van der Waals surface area contributed by atoms with Gasteiger partial charge in [0.25, 0.3) is 0 Å². The second-order valence-corrected chi connectivity index (χ2v) is 10.00. The molecule has 0 aliphatic carbocycles. The van der Waals surface area contributed by atoms with Crippen LogP contribution in [0.15, 0.2) is 79.0 Å². The number of aromatic nitrogens is 2. The number of phenols is 1. The summed E-state index contributed by atoms with van der Waals surface area (Å²) < 4.78 is 2.18. The average Bonchev–Trinajstić information content (AvgIpc) is 3.39. The molecule has 3 heterocycles. The minimum Gasteiger partial charge on any atom is -0.508 e. The molecule has 1 aliphatic rings. The van der Waals surface area contributed by atoms with Crippen LogP contribution in [0.5, 0.6) is 5.75 Å². The maximum absolute atomic E-state index is 12.9. The summed E-state index contributed by atoms with van der Waals surface area (Å²) in [6.45, 7) is 6.60. The van der Waals surface area contributed by atoms with E-state index in [0.29, 0.717) is 11.7 Å². The summed E-state index contributed by atoms with van der Waals surface area (Å²) in [5.41, 5.74) is 6.95. The predicted molar refractivity (Wildman–Crippen MR) is 153 cm³/mol. The van der Waals surface area contributed by atoms with Crippen molar-refractivity contribution in [1.29, 1.82) is 0 Å². The lowest BCUT2D eigenvalue weighted by Crippen LogP contribution is -2.33. The van der Waals surface area contributed by atoms with E-state index in [4.69, 9.17) is 12.2 Å². The number of anilines is 1. The summed E-state index contributed by atoms with van der Waals surface area (Å²) in [5.74, 6) is 0.170. The highest BCUT2D eigenvalue weighted by Gasteiger charge is 2.41. The number of nitrogens with zero attached hydrogens (tertiary/aromatic N) is 3. The zero-order chi connectivity index (χ0) is 26.8. The van der Waals surface area contributed by atoms with Gasteiger partial charge in [0.2, 0.25) is 5.91 Å². The van der Waals surface area contributed by atoms with Gasteiger partial charge < -0.3 is 25.2 Å². The molecule has 3 N–H and O–H groups in total. The molecule has 38 heavy (non-hydrogen) atoms. The van der Waals surface area contributed by atoms with Crippen molar-refractivity contribution in [2.45, 2.75) is 39.3 Å². The Bertz CT molecular complexity index is 1470. The number of thiocarbonyl (C=S) groups is 1. The van der Waals surface area contributed by atoms with Gasteiger partial charge >= 0.3 is 0 Å². The minimum atomic E-state index is -0.170. The Kier molecular flexibility index (Phi) is 7.15. The predicted octanol–water partition coefficient (Wildman–Crippen LogP) is 5.50. The van der Waals surface area contributed by atoms with E-state index in [-0.39, 0.29) is 30.2 Å². The number of hydrogen-bond donors (Lipinski definition) is 3. The lowest BCUT2D eigenvalue weighted by molar-refractivity contribution is -0.116. The van der Waals surface area contributed by atoms with Gasteiger partial charge in [0.1, 0.15) is 5.75 Å². The highest BCUT2D eigenvalue weighted by molar-refractivity contribution is 7.80. The van der Waals surface area contributed by atoms with Crippen molar-refractivity contribution in [3.8, 4) is 11.4 Å². The number of aryl methyl sites for hydroxylation is 2. The molecule has 2 atom stereocenters. The number of pyridine rings is 1. The Labute approximate surface area is 228 Å². The van der Waals surface area contributed by atoms with Crippen molar-refractivity contribution in [3.05, 3.63) is 107 Å². The number of hydrogen-bond acceptors (Lipinski definition) is 4. The maximum atomic E-state index is 12.9. The van der Waals surface area contributed by atoms with Gasteiger partial charge in [0, 0.05) is 41.9 Å². The molecule has 5 rings (SSSR count). The van der Waals surface area contributed by atoms with Crippen LogP contribution >= 0.6 is 12.2 Å². The maximum Gasteiger partial charge on any atom is 0.226 e. The van der Waals surface area contributed by atoms with Crippen LogP contribution in [0.3, 0.4) is 0 Å². The molecule has 8 heteroatoms. The van der Waals surface area contributed by atoms with Crippen molar-refractivity contribution < 1.29 is 9.90 Å². The molecule has 0 bridgehead atoms. The molecule has 1 amide bonds. The highest BCUT2D eigenvalue weighted by atomic mass is 32.1. The molecular weight excluding hydrogens is 494 g/mol. The number of amides is 1. The Morgan fingerprint density at radius 1 is 1.05 bits per heavy atom.